The molecule has 0 saturated carbocycles. The molecule has 0 N–H and O–H groups in total. The fraction of sp³-hybridized carbons (Fsp3) is 0.444. The third kappa shape index (κ3) is 3.23. The van der Waals surface area contributed by atoms with Gasteiger partial charge in [0.05, 0.1) is 0 Å². The summed E-state index contributed by atoms with van der Waals surface area (Å²) in [6.45, 7) is 1.58. The lowest BCUT2D eigenvalue weighted by Gasteiger charge is -2.32. The minimum atomic E-state index is 0.120. The molecule has 122 valence electrons. The molecule has 1 fully saturated rings. The number of aryl methyl sites for hydroxylation is 1. The molecule has 2 heterocycles. The van der Waals surface area contributed by atoms with Gasteiger partial charge < -0.3 is 14.4 Å². The molecule has 5 nitrogen and oxygen atoms in total. The fourth-order valence-corrected chi connectivity index (χ4v) is 3.23. The Labute approximate surface area is 137 Å². The van der Waals surface area contributed by atoms with Crippen molar-refractivity contribution in [2.75, 3.05) is 32.1 Å². The number of nitrogens with zero attached hydrogens (tertiary/aromatic N) is 4. The highest BCUT2D eigenvalue weighted by molar-refractivity contribution is 5.94. The van der Waals surface area contributed by atoms with Crippen molar-refractivity contribution in [1.29, 1.82) is 0 Å². The molecule has 1 amide bonds. The number of amides is 1. The maximum atomic E-state index is 12.8. The number of carbonyl (C=O) groups is 1. The van der Waals surface area contributed by atoms with E-state index < -0.39 is 0 Å². The van der Waals surface area contributed by atoms with Gasteiger partial charge in [-0.25, -0.2) is 4.98 Å². The van der Waals surface area contributed by atoms with Crippen LogP contribution < -0.4 is 4.90 Å². The van der Waals surface area contributed by atoms with Gasteiger partial charge in [-0.2, -0.15) is 0 Å². The standard InChI is InChI=1S/C18H24N4O/c1-20(2)16-8-6-14(7-9-16)18(23)22-11-4-5-15(13-22)17-19-10-12-21(17)3/h6-10,12,15H,4-5,11,13H2,1-3H3/t15-/m0/s1. The third-order valence-corrected chi connectivity index (χ3v) is 4.56. The van der Waals surface area contributed by atoms with Crippen LogP contribution in [0.5, 0.6) is 0 Å². The zero-order valence-corrected chi connectivity index (χ0v) is 14.1. The molecule has 1 aliphatic heterocycles. The monoisotopic (exact) mass is 312 g/mol. The topological polar surface area (TPSA) is 41.4 Å². The molecule has 0 bridgehead atoms. The summed E-state index contributed by atoms with van der Waals surface area (Å²) in [6, 6.07) is 7.82. The van der Waals surface area contributed by atoms with Crippen LogP contribution in [0, 0.1) is 0 Å². The van der Waals surface area contributed by atoms with E-state index in [-0.39, 0.29) is 5.91 Å². The summed E-state index contributed by atoms with van der Waals surface area (Å²) in [7, 11) is 6.01. The molecule has 1 aliphatic rings. The Morgan fingerprint density at radius 1 is 1.26 bits per heavy atom. The van der Waals surface area contributed by atoms with Gasteiger partial charge in [0.2, 0.25) is 0 Å². The van der Waals surface area contributed by atoms with Crippen LogP contribution in [0.1, 0.15) is 34.9 Å². The first kappa shape index (κ1) is 15.6. The van der Waals surface area contributed by atoms with Crippen molar-refractivity contribution in [2.45, 2.75) is 18.8 Å². The maximum Gasteiger partial charge on any atom is 0.253 e. The van der Waals surface area contributed by atoms with Gasteiger partial charge >= 0.3 is 0 Å². The van der Waals surface area contributed by atoms with Crippen molar-refractivity contribution in [3.63, 3.8) is 0 Å². The van der Waals surface area contributed by atoms with Crippen molar-refractivity contribution < 1.29 is 4.79 Å². The Hall–Kier alpha value is -2.30. The summed E-state index contributed by atoms with van der Waals surface area (Å²) in [5.74, 6) is 1.52. The van der Waals surface area contributed by atoms with Gasteiger partial charge in [0.25, 0.3) is 5.91 Å². The second-order valence-corrected chi connectivity index (χ2v) is 6.43. The largest absolute Gasteiger partial charge is 0.378 e. The number of hydrogen-bond donors (Lipinski definition) is 0. The minimum Gasteiger partial charge on any atom is -0.378 e. The second-order valence-electron chi connectivity index (χ2n) is 6.43. The van der Waals surface area contributed by atoms with Crippen molar-refractivity contribution >= 4 is 11.6 Å². The zero-order valence-electron chi connectivity index (χ0n) is 14.1. The highest BCUT2D eigenvalue weighted by Crippen LogP contribution is 2.26. The molecule has 1 saturated heterocycles. The Bertz CT molecular complexity index is 675. The summed E-state index contributed by atoms with van der Waals surface area (Å²) in [5.41, 5.74) is 1.86. The molecule has 1 aromatic carbocycles. The average molecular weight is 312 g/mol. The van der Waals surface area contributed by atoms with Crippen molar-refractivity contribution in [3.8, 4) is 0 Å². The molecule has 1 aromatic heterocycles. The van der Waals surface area contributed by atoms with E-state index in [0.29, 0.717) is 5.92 Å². The van der Waals surface area contributed by atoms with E-state index in [9.17, 15) is 4.79 Å². The molecule has 2 aromatic rings. The van der Waals surface area contributed by atoms with Crippen LogP contribution in [-0.2, 0) is 7.05 Å². The first-order chi connectivity index (χ1) is 11.1. The van der Waals surface area contributed by atoms with E-state index in [1.807, 2.05) is 67.6 Å². The molecule has 0 aliphatic carbocycles. The molecular formula is C18H24N4O. The Kier molecular flexibility index (Phi) is 4.37. The van der Waals surface area contributed by atoms with Gasteiger partial charge in [0, 0.05) is 63.8 Å². The van der Waals surface area contributed by atoms with Gasteiger partial charge in [-0.3, -0.25) is 4.79 Å². The third-order valence-electron chi connectivity index (χ3n) is 4.56. The maximum absolute atomic E-state index is 12.8. The van der Waals surface area contributed by atoms with Gasteiger partial charge in [0.15, 0.2) is 0 Å². The molecule has 5 heteroatoms. The van der Waals surface area contributed by atoms with Crippen molar-refractivity contribution in [1.82, 2.24) is 14.5 Å². The number of carbonyl (C=O) groups excluding carboxylic acids is 1. The van der Waals surface area contributed by atoms with Crippen LogP contribution in [0.2, 0.25) is 0 Å². The van der Waals surface area contributed by atoms with Crippen LogP contribution >= 0.6 is 0 Å². The van der Waals surface area contributed by atoms with Gasteiger partial charge in [-0.05, 0) is 37.1 Å². The van der Waals surface area contributed by atoms with Gasteiger partial charge in [-0.1, -0.05) is 0 Å². The normalized spacial score (nSPS) is 18.0. The smallest absolute Gasteiger partial charge is 0.253 e. The number of imidazole rings is 1. The van der Waals surface area contributed by atoms with Crippen LogP contribution in [-0.4, -0.2) is 47.5 Å². The molecule has 0 spiro atoms. The zero-order chi connectivity index (χ0) is 16.4. The summed E-state index contributed by atoms with van der Waals surface area (Å²) in [4.78, 5) is 21.2. The molecule has 0 radical (unpaired) electrons. The van der Waals surface area contributed by atoms with E-state index in [2.05, 4.69) is 9.55 Å². The Morgan fingerprint density at radius 3 is 2.61 bits per heavy atom. The predicted octanol–water partition coefficient (Wildman–Crippen LogP) is 2.51. The van der Waals surface area contributed by atoms with Crippen LogP contribution in [0.3, 0.4) is 0 Å². The Balaban J connectivity index is 1.73. The van der Waals surface area contributed by atoms with E-state index in [1.165, 1.54) is 0 Å². The number of piperidine rings is 1. The number of benzene rings is 1. The fourth-order valence-electron chi connectivity index (χ4n) is 3.23. The SMILES string of the molecule is CN(C)c1ccc(C(=O)N2CCC[C@H](c3nccn3C)C2)cc1. The van der Waals surface area contributed by atoms with E-state index >= 15 is 0 Å². The van der Waals surface area contributed by atoms with E-state index in [0.717, 1.165) is 43.0 Å². The number of hydrogen-bond acceptors (Lipinski definition) is 3. The molecule has 1 atom stereocenters. The quantitative estimate of drug-likeness (QED) is 0.874. The first-order valence-corrected chi connectivity index (χ1v) is 8.10. The van der Waals surface area contributed by atoms with Gasteiger partial charge in [0.1, 0.15) is 5.82 Å². The predicted molar refractivity (Wildman–Crippen MR) is 91.9 cm³/mol. The Morgan fingerprint density at radius 2 is 2.00 bits per heavy atom. The number of likely N-dealkylation sites (tertiary alicyclic amines) is 1. The lowest BCUT2D eigenvalue weighted by atomic mass is 9.96. The first-order valence-electron chi connectivity index (χ1n) is 8.10. The highest BCUT2D eigenvalue weighted by Gasteiger charge is 2.27. The van der Waals surface area contributed by atoms with Crippen molar-refractivity contribution in [2.24, 2.45) is 7.05 Å². The van der Waals surface area contributed by atoms with E-state index in [1.54, 1.807) is 0 Å². The molecular weight excluding hydrogens is 288 g/mol. The summed E-state index contributed by atoms with van der Waals surface area (Å²) in [5, 5.41) is 0. The molecule has 3 rings (SSSR count). The van der Waals surface area contributed by atoms with Crippen molar-refractivity contribution in [3.05, 3.63) is 48.0 Å². The highest BCUT2D eigenvalue weighted by atomic mass is 16.2. The molecule has 23 heavy (non-hydrogen) atoms. The van der Waals surface area contributed by atoms with Gasteiger partial charge in [-0.15, -0.1) is 0 Å². The lowest BCUT2D eigenvalue weighted by Crippen LogP contribution is -2.39. The second kappa shape index (κ2) is 6.44. The van der Waals surface area contributed by atoms with Crippen LogP contribution in [0.15, 0.2) is 36.7 Å². The number of aromatic nitrogens is 2. The molecule has 0 unspecified atom stereocenters. The van der Waals surface area contributed by atoms with Crippen LogP contribution in [0.25, 0.3) is 0 Å². The van der Waals surface area contributed by atoms with Crippen LogP contribution in [0.4, 0.5) is 5.69 Å². The minimum absolute atomic E-state index is 0.120. The lowest BCUT2D eigenvalue weighted by molar-refractivity contribution is 0.0703. The van der Waals surface area contributed by atoms with E-state index in [4.69, 9.17) is 0 Å². The number of anilines is 1. The summed E-state index contributed by atoms with van der Waals surface area (Å²) in [6.07, 6.45) is 5.92. The summed E-state index contributed by atoms with van der Waals surface area (Å²) < 4.78 is 2.06. The summed E-state index contributed by atoms with van der Waals surface area (Å²) >= 11 is 0. The average Bonchev–Trinajstić information content (AvgIpc) is 3.00. The number of rotatable bonds is 3.